The van der Waals surface area contributed by atoms with Crippen LogP contribution in [0, 0.1) is 0 Å². The molecule has 0 aliphatic rings. The van der Waals surface area contributed by atoms with E-state index in [0.29, 0.717) is 0 Å². The SMILES string of the molecule is c1ccc(-c2cccc(-c3ccccc3N(c3ccc(-c4cc5ccccc5c5ccccc45)cc3)c3ccc(-c4ccccc4)c4oc5ccccc5c34)c2)cc1. The van der Waals surface area contributed by atoms with Gasteiger partial charge >= 0.3 is 0 Å². The molecular formula is C56H37NO. The fourth-order valence-electron chi connectivity index (χ4n) is 8.74. The molecule has 0 saturated carbocycles. The maximum Gasteiger partial charge on any atom is 0.145 e. The lowest BCUT2D eigenvalue weighted by Crippen LogP contribution is -2.11. The van der Waals surface area contributed by atoms with E-state index in [1.807, 2.05) is 0 Å². The van der Waals surface area contributed by atoms with Crippen LogP contribution in [0.4, 0.5) is 17.1 Å². The Morgan fingerprint density at radius 1 is 0.310 bits per heavy atom. The van der Waals surface area contributed by atoms with Crippen LogP contribution in [-0.2, 0) is 0 Å². The summed E-state index contributed by atoms with van der Waals surface area (Å²) in [7, 11) is 0. The molecule has 11 aromatic rings. The van der Waals surface area contributed by atoms with Crippen LogP contribution in [0.5, 0.6) is 0 Å². The first-order chi connectivity index (χ1) is 28.8. The van der Waals surface area contributed by atoms with Crippen molar-refractivity contribution >= 4 is 60.5 Å². The van der Waals surface area contributed by atoms with E-state index in [1.54, 1.807) is 0 Å². The van der Waals surface area contributed by atoms with Gasteiger partial charge in [-0.15, -0.1) is 0 Å². The number of benzene rings is 10. The van der Waals surface area contributed by atoms with Crippen LogP contribution < -0.4 is 4.90 Å². The lowest BCUT2D eigenvalue weighted by molar-refractivity contribution is 0.670. The van der Waals surface area contributed by atoms with Gasteiger partial charge in [0.15, 0.2) is 0 Å². The molecule has 2 heteroatoms. The van der Waals surface area contributed by atoms with Crippen LogP contribution in [0.15, 0.2) is 229 Å². The second-order valence-corrected chi connectivity index (χ2v) is 14.8. The van der Waals surface area contributed by atoms with Crippen molar-refractivity contribution in [2.24, 2.45) is 0 Å². The van der Waals surface area contributed by atoms with E-state index in [4.69, 9.17) is 4.42 Å². The molecule has 1 heterocycles. The number of furan rings is 1. The summed E-state index contributed by atoms with van der Waals surface area (Å²) >= 11 is 0. The van der Waals surface area contributed by atoms with E-state index < -0.39 is 0 Å². The Balaban J connectivity index is 1.15. The Bertz CT molecular complexity index is 3270. The maximum atomic E-state index is 6.81. The van der Waals surface area contributed by atoms with Crippen molar-refractivity contribution in [1.29, 1.82) is 0 Å². The zero-order valence-corrected chi connectivity index (χ0v) is 31.7. The predicted octanol–water partition coefficient (Wildman–Crippen LogP) is 16.0. The molecule has 0 radical (unpaired) electrons. The second kappa shape index (κ2) is 14.1. The smallest absolute Gasteiger partial charge is 0.145 e. The van der Waals surface area contributed by atoms with Crippen molar-refractivity contribution in [3.05, 3.63) is 224 Å². The van der Waals surface area contributed by atoms with E-state index in [1.165, 1.54) is 43.8 Å². The summed E-state index contributed by atoms with van der Waals surface area (Å²) in [4.78, 5) is 2.42. The predicted molar refractivity (Wildman–Crippen MR) is 245 cm³/mol. The summed E-state index contributed by atoms with van der Waals surface area (Å²) in [5.74, 6) is 0. The first kappa shape index (κ1) is 33.6. The fourth-order valence-corrected chi connectivity index (χ4v) is 8.74. The van der Waals surface area contributed by atoms with Gasteiger partial charge in [0.05, 0.1) is 16.8 Å². The molecule has 0 aliphatic carbocycles. The van der Waals surface area contributed by atoms with E-state index in [9.17, 15) is 0 Å². The molecule has 0 fully saturated rings. The molecule has 272 valence electrons. The Hall–Kier alpha value is -7.68. The standard InChI is InChI=1S/C56H37NO/c1-3-16-38(17-4-1)41-21-15-22-42(36-41)46-24-11-13-28-52(46)57(53-35-34-47(39-18-5-2-6-19-39)56-55(53)50-27-12-14-29-54(50)58-56)44-32-30-40(31-33-44)51-37-43-20-7-8-23-45(43)48-25-9-10-26-49(48)51/h1-37H. The number of nitrogens with zero attached hydrogens (tertiary/aromatic N) is 1. The summed E-state index contributed by atoms with van der Waals surface area (Å²) in [6.07, 6.45) is 0. The number of fused-ring (bicyclic) bond motifs is 6. The second-order valence-electron chi connectivity index (χ2n) is 14.8. The van der Waals surface area contributed by atoms with Gasteiger partial charge in [-0.25, -0.2) is 0 Å². The molecule has 58 heavy (non-hydrogen) atoms. The van der Waals surface area contributed by atoms with E-state index in [-0.39, 0.29) is 0 Å². The third-order valence-electron chi connectivity index (χ3n) is 11.5. The van der Waals surface area contributed by atoms with Gasteiger partial charge in [-0.1, -0.05) is 176 Å². The molecule has 0 N–H and O–H groups in total. The van der Waals surface area contributed by atoms with Crippen molar-refractivity contribution in [3.8, 4) is 44.5 Å². The molecule has 0 amide bonds. The number of rotatable bonds is 7. The summed E-state index contributed by atoms with van der Waals surface area (Å²) in [6, 6.07) is 80.6. The molecule has 0 spiro atoms. The molecule has 0 unspecified atom stereocenters. The van der Waals surface area contributed by atoms with E-state index >= 15 is 0 Å². The summed E-state index contributed by atoms with van der Waals surface area (Å²) in [5, 5.41) is 7.18. The maximum absolute atomic E-state index is 6.81. The Kier molecular flexibility index (Phi) is 8.19. The molecule has 2 nitrogen and oxygen atoms in total. The van der Waals surface area contributed by atoms with Gasteiger partial charge in [0.1, 0.15) is 11.2 Å². The molecular weight excluding hydrogens is 703 g/mol. The third-order valence-corrected chi connectivity index (χ3v) is 11.5. The molecule has 1 aromatic heterocycles. The topological polar surface area (TPSA) is 16.4 Å². The normalized spacial score (nSPS) is 11.4. The third kappa shape index (κ3) is 5.74. The first-order valence-corrected chi connectivity index (χ1v) is 19.8. The van der Waals surface area contributed by atoms with Gasteiger partial charge in [-0.2, -0.15) is 0 Å². The minimum Gasteiger partial charge on any atom is -0.455 e. The zero-order valence-electron chi connectivity index (χ0n) is 31.7. The zero-order chi connectivity index (χ0) is 38.4. The summed E-state index contributed by atoms with van der Waals surface area (Å²) in [6.45, 7) is 0. The van der Waals surface area contributed by atoms with Gasteiger partial charge in [-0.05, 0) is 103 Å². The van der Waals surface area contributed by atoms with Crippen LogP contribution in [0.25, 0.3) is 88.0 Å². The number of hydrogen-bond acceptors (Lipinski definition) is 2. The molecule has 11 rings (SSSR count). The van der Waals surface area contributed by atoms with Gasteiger partial charge in [-0.3, -0.25) is 0 Å². The quantitative estimate of drug-likeness (QED) is 0.151. The monoisotopic (exact) mass is 739 g/mol. The molecule has 10 aromatic carbocycles. The molecule has 0 saturated heterocycles. The highest BCUT2D eigenvalue weighted by atomic mass is 16.3. The Morgan fingerprint density at radius 3 is 1.72 bits per heavy atom. The molecule has 0 atom stereocenters. The number of anilines is 3. The first-order valence-electron chi connectivity index (χ1n) is 19.8. The van der Waals surface area contributed by atoms with Crippen LogP contribution in [0.2, 0.25) is 0 Å². The lowest BCUT2D eigenvalue weighted by Gasteiger charge is -2.29. The summed E-state index contributed by atoms with van der Waals surface area (Å²) < 4.78 is 6.81. The van der Waals surface area contributed by atoms with Crippen molar-refractivity contribution in [3.63, 3.8) is 0 Å². The van der Waals surface area contributed by atoms with Gasteiger partial charge in [0.25, 0.3) is 0 Å². The van der Waals surface area contributed by atoms with Crippen LogP contribution in [0.1, 0.15) is 0 Å². The average molecular weight is 740 g/mol. The van der Waals surface area contributed by atoms with Gasteiger partial charge < -0.3 is 9.32 Å². The Morgan fingerprint density at radius 2 is 0.914 bits per heavy atom. The van der Waals surface area contributed by atoms with E-state index in [0.717, 1.165) is 61.3 Å². The number of para-hydroxylation sites is 2. The number of hydrogen-bond donors (Lipinski definition) is 0. The average Bonchev–Trinajstić information content (AvgIpc) is 3.70. The van der Waals surface area contributed by atoms with Crippen molar-refractivity contribution < 1.29 is 4.42 Å². The highest BCUT2D eigenvalue weighted by Gasteiger charge is 2.24. The minimum absolute atomic E-state index is 0.865. The highest BCUT2D eigenvalue weighted by molar-refractivity contribution is 6.18. The minimum atomic E-state index is 0.865. The van der Waals surface area contributed by atoms with Gasteiger partial charge in [0, 0.05) is 22.2 Å². The highest BCUT2D eigenvalue weighted by Crippen LogP contribution is 2.49. The largest absolute Gasteiger partial charge is 0.455 e. The lowest BCUT2D eigenvalue weighted by atomic mass is 9.93. The van der Waals surface area contributed by atoms with Crippen molar-refractivity contribution in [2.75, 3.05) is 4.90 Å². The van der Waals surface area contributed by atoms with Crippen LogP contribution in [-0.4, -0.2) is 0 Å². The fraction of sp³-hybridized carbons (Fsp3) is 0. The molecule has 0 bridgehead atoms. The van der Waals surface area contributed by atoms with Crippen molar-refractivity contribution in [1.82, 2.24) is 0 Å². The summed E-state index contributed by atoms with van der Waals surface area (Å²) in [5.41, 5.74) is 14.2. The van der Waals surface area contributed by atoms with Crippen LogP contribution >= 0.6 is 0 Å². The van der Waals surface area contributed by atoms with Gasteiger partial charge in [0.2, 0.25) is 0 Å². The van der Waals surface area contributed by atoms with E-state index in [2.05, 4.69) is 229 Å². The van der Waals surface area contributed by atoms with Crippen LogP contribution in [0.3, 0.4) is 0 Å². The van der Waals surface area contributed by atoms with Crippen molar-refractivity contribution in [2.45, 2.75) is 0 Å². The Labute approximate surface area is 337 Å². The molecule has 0 aliphatic heterocycles.